The number of piperidine rings is 1. The number of aliphatic hydroxyl groups is 3. The zero-order chi connectivity index (χ0) is 59.6. The molecule has 3 aliphatic heterocycles. The molecule has 0 aromatic carbocycles. The number of rotatable bonds is 20. The molecule has 81 heavy (non-hydrogen) atoms. The summed E-state index contributed by atoms with van der Waals surface area (Å²) in [5, 5.41) is 35.6. The fourth-order valence-corrected chi connectivity index (χ4v) is 11.6. The fraction of sp³-hybridized carbons (Fsp3) is 0.790. The molecule has 19 nitrogen and oxygen atoms in total. The Morgan fingerprint density at radius 3 is 2.12 bits per heavy atom. The van der Waals surface area contributed by atoms with Gasteiger partial charge in [-0.05, 0) is 113 Å². The Balaban J connectivity index is 1.55. The maximum absolute atomic E-state index is 14.7. The van der Waals surface area contributed by atoms with Crippen LogP contribution in [-0.2, 0) is 71.3 Å². The molecule has 2 saturated heterocycles. The molecule has 16 atom stereocenters. The fourth-order valence-electron chi connectivity index (χ4n) is 11.6. The van der Waals surface area contributed by atoms with E-state index in [0.717, 1.165) is 5.57 Å². The summed E-state index contributed by atoms with van der Waals surface area (Å²) in [6.45, 7) is 16.1. The number of carbonyl (C=O) groups excluding carboxylic acids is 5. The molecule has 0 aromatic rings. The Hall–Kier alpha value is -3.73. The van der Waals surface area contributed by atoms with Crippen molar-refractivity contribution in [2.45, 2.75) is 199 Å². The van der Waals surface area contributed by atoms with Gasteiger partial charge in [0, 0.05) is 78.6 Å². The lowest BCUT2D eigenvalue weighted by atomic mass is 9.78. The van der Waals surface area contributed by atoms with Crippen molar-refractivity contribution < 1.29 is 86.7 Å². The number of aliphatic hydroxyl groups excluding tert-OH is 2. The van der Waals surface area contributed by atoms with E-state index in [0.29, 0.717) is 122 Å². The van der Waals surface area contributed by atoms with Gasteiger partial charge >= 0.3 is 11.9 Å². The second kappa shape index (κ2) is 36.2. The van der Waals surface area contributed by atoms with Gasteiger partial charge in [-0.15, -0.1) is 0 Å². The average molecular weight is 1150 g/mol. The lowest BCUT2D eigenvalue weighted by Gasteiger charge is -2.43. The van der Waals surface area contributed by atoms with Crippen molar-refractivity contribution >= 4 is 29.4 Å². The highest BCUT2D eigenvalue weighted by atomic mass is 16.6. The number of hydrogen-bond acceptors (Lipinski definition) is 18. The van der Waals surface area contributed by atoms with Crippen LogP contribution in [0.5, 0.6) is 0 Å². The second-order valence-electron chi connectivity index (χ2n) is 23.2. The molecular weight excluding hydrogens is 1050 g/mol. The van der Waals surface area contributed by atoms with Crippen LogP contribution in [0.2, 0.25) is 0 Å². The van der Waals surface area contributed by atoms with Crippen molar-refractivity contribution in [3.05, 3.63) is 47.6 Å². The number of esters is 2. The number of nitrogens with zero attached hydrogens (tertiary/aromatic N) is 1. The zero-order valence-electron chi connectivity index (χ0n) is 50.6. The summed E-state index contributed by atoms with van der Waals surface area (Å²) in [4.78, 5) is 71.5. The predicted molar refractivity (Wildman–Crippen MR) is 304 cm³/mol. The quantitative estimate of drug-likeness (QED) is 0.0481. The lowest BCUT2D eigenvalue weighted by molar-refractivity contribution is -0.265. The molecule has 0 spiro atoms. The predicted octanol–water partition coefficient (Wildman–Crippen LogP) is 7.00. The third kappa shape index (κ3) is 22.0. The molecule has 3 N–H and O–H groups in total. The monoisotopic (exact) mass is 1150 g/mol. The number of methoxy groups -OCH3 is 4. The second-order valence-corrected chi connectivity index (χ2v) is 23.2. The van der Waals surface area contributed by atoms with Gasteiger partial charge in [0.05, 0.1) is 64.1 Å². The molecule has 1 saturated carbocycles. The highest BCUT2D eigenvalue weighted by Gasteiger charge is 2.53. The van der Waals surface area contributed by atoms with Gasteiger partial charge in [-0.3, -0.25) is 19.2 Å². The maximum atomic E-state index is 14.7. The summed E-state index contributed by atoms with van der Waals surface area (Å²) in [5.74, 6) is -7.99. The maximum Gasteiger partial charge on any atom is 0.329 e. The van der Waals surface area contributed by atoms with Gasteiger partial charge in [0.15, 0.2) is 5.78 Å². The van der Waals surface area contributed by atoms with Crippen molar-refractivity contribution in [3.63, 3.8) is 0 Å². The van der Waals surface area contributed by atoms with Gasteiger partial charge in [-0.25, -0.2) is 4.79 Å². The standard InChI is InChI=1S/C62H101NO18/c1-40-18-13-12-14-19-41(2)52(73-9)38-48-24-22-46(7)62(71,81-48)59(68)60(69)63-26-16-15-20-49(63)61(70)80-53(39-50(64)42(3)35-45(6)57(67)58(75-11)56(66)44(5)34-40)43(4)36-47-23-25-51(54(37-47)74-10)79-55(65)21-17-27-76-30-31-78-33-32-77-29-28-72-8/h12-14,18-19,35,40,42-44,46-54,57-58,64,67,71H,15-17,20-34,36-39H2,1-11H3/b14-12+,18-13+,41-19+,45-35+/t40-,42-,43-,44?,46-,47+,48+,49+,50-,51-,52+,53+,54-,57-,58+,62-/m1/s1. The van der Waals surface area contributed by atoms with Crippen LogP contribution in [0.4, 0.5) is 0 Å². The Kier molecular flexibility index (Phi) is 31.2. The summed E-state index contributed by atoms with van der Waals surface area (Å²) in [5.41, 5.74) is 1.30. The minimum Gasteiger partial charge on any atom is -0.460 e. The minimum atomic E-state index is -2.45. The third-order valence-electron chi connectivity index (χ3n) is 16.8. The van der Waals surface area contributed by atoms with Crippen LogP contribution < -0.4 is 0 Å². The van der Waals surface area contributed by atoms with Crippen molar-refractivity contribution in [2.24, 2.45) is 35.5 Å². The van der Waals surface area contributed by atoms with E-state index >= 15 is 0 Å². The van der Waals surface area contributed by atoms with E-state index in [1.54, 1.807) is 48.2 Å². The first-order valence-corrected chi connectivity index (χ1v) is 29.7. The van der Waals surface area contributed by atoms with E-state index in [1.165, 1.54) is 12.0 Å². The lowest BCUT2D eigenvalue weighted by Crippen LogP contribution is -2.61. The summed E-state index contributed by atoms with van der Waals surface area (Å²) in [6, 6.07) is -1.15. The number of cyclic esters (lactones) is 1. The summed E-state index contributed by atoms with van der Waals surface area (Å²) >= 11 is 0. The molecule has 0 radical (unpaired) electrons. The van der Waals surface area contributed by atoms with Crippen LogP contribution in [0, 0.1) is 35.5 Å². The van der Waals surface area contributed by atoms with Crippen molar-refractivity contribution in [3.8, 4) is 0 Å². The van der Waals surface area contributed by atoms with Crippen LogP contribution in [0.25, 0.3) is 0 Å². The van der Waals surface area contributed by atoms with Crippen molar-refractivity contribution in [1.82, 2.24) is 4.90 Å². The molecular formula is C62H101NO18. The third-order valence-corrected chi connectivity index (χ3v) is 16.8. The van der Waals surface area contributed by atoms with Crippen LogP contribution in [0.1, 0.15) is 138 Å². The molecule has 2 bridgehead atoms. The largest absolute Gasteiger partial charge is 0.460 e. The number of ketones is 2. The first kappa shape index (κ1) is 69.8. The number of Topliss-reactive ketones (excluding diaryl/α,β-unsaturated/α-hetero) is 2. The summed E-state index contributed by atoms with van der Waals surface area (Å²) < 4.78 is 57.4. The summed E-state index contributed by atoms with van der Waals surface area (Å²) in [6.07, 6.45) is 10.9. The molecule has 462 valence electrons. The number of ether oxygens (including phenoxy) is 10. The van der Waals surface area contributed by atoms with Gasteiger partial charge in [0.25, 0.3) is 11.7 Å². The van der Waals surface area contributed by atoms with Gasteiger partial charge < -0.3 is 67.6 Å². The molecule has 4 rings (SSSR count). The molecule has 4 aliphatic rings. The van der Waals surface area contributed by atoms with Crippen LogP contribution in [0.3, 0.4) is 0 Å². The van der Waals surface area contributed by atoms with Crippen molar-refractivity contribution in [1.29, 1.82) is 0 Å². The first-order chi connectivity index (χ1) is 38.7. The minimum absolute atomic E-state index is 0.0101. The van der Waals surface area contributed by atoms with E-state index in [9.17, 15) is 39.3 Å². The van der Waals surface area contributed by atoms with E-state index in [1.807, 2.05) is 58.1 Å². The molecule has 3 fully saturated rings. The highest BCUT2D eigenvalue weighted by Crippen LogP contribution is 2.38. The Morgan fingerprint density at radius 1 is 0.765 bits per heavy atom. The molecule has 1 aliphatic carbocycles. The van der Waals surface area contributed by atoms with Crippen molar-refractivity contribution in [2.75, 3.05) is 81.2 Å². The number of carbonyl (C=O) groups is 5. The molecule has 3 heterocycles. The van der Waals surface area contributed by atoms with E-state index in [-0.39, 0.29) is 61.4 Å². The van der Waals surface area contributed by atoms with E-state index in [2.05, 4.69) is 0 Å². The summed E-state index contributed by atoms with van der Waals surface area (Å²) in [7, 11) is 6.18. The molecule has 19 heteroatoms. The van der Waals surface area contributed by atoms with Gasteiger partial charge in [0.1, 0.15) is 30.5 Å². The molecule has 1 amide bonds. The van der Waals surface area contributed by atoms with E-state index in [4.69, 9.17) is 47.4 Å². The van der Waals surface area contributed by atoms with E-state index < -0.39 is 90.0 Å². The van der Waals surface area contributed by atoms with Crippen LogP contribution in [-0.4, -0.2) is 192 Å². The van der Waals surface area contributed by atoms with Crippen LogP contribution in [0.15, 0.2) is 47.6 Å². The topological polar surface area (TPSA) is 242 Å². The number of allylic oxidation sites excluding steroid dienone is 5. The average Bonchev–Trinajstić information content (AvgIpc) is 3.56. The number of fused-ring (bicyclic) bond motifs is 3. The highest BCUT2D eigenvalue weighted by molar-refractivity contribution is 6.39. The normalized spacial score (nSPS) is 35.6. The smallest absolute Gasteiger partial charge is 0.329 e. The first-order valence-electron chi connectivity index (χ1n) is 29.7. The molecule has 0 aromatic heterocycles. The SMILES string of the molecule is COCCOCCOCCOCCCC(=O)O[C@@H]1CC[C@@H](C[C@@H](C)[C@@H]2C[C@@H](O)[C@H](C)/C=C(\C)[C@@H](O)[C@@H](OC)C(=O)C(C)C[C@H](C)/C=C/C=C/C=C(\C)[C@@H](OC)C[C@@H]3CC[C@@H](C)[C@@](O)(O3)C(=O)C(=O)N3CCCC[C@H]3C(=O)O2)C[C@H]1OC. The van der Waals surface area contributed by atoms with Gasteiger partial charge in [-0.2, -0.15) is 0 Å². The Labute approximate surface area is 482 Å². The van der Waals surface area contributed by atoms with Gasteiger partial charge in [-0.1, -0.05) is 71.1 Å². The Bertz CT molecular complexity index is 2060. The number of amides is 1. The number of hydrogen-bond donors (Lipinski definition) is 3. The Morgan fingerprint density at radius 2 is 1.46 bits per heavy atom. The zero-order valence-corrected chi connectivity index (χ0v) is 50.6. The molecule has 1 unspecified atom stereocenters. The van der Waals surface area contributed by atoms with Gasteiger partial charge in [0.2, 0.25) is 5.79 Å². The van der Waals surface area contributed by atoms with Crippen LogP contribution >= 0.6 is 0 Å².